The summed E-state index contributed by atoms with van der Waals surface area (Å²) in [7, 11) is -1.88. The molecule has 0 amide bonds. The third-order valence-electron chi connectivity index (χ3n) is 3.65. The van der Waals surface area contributed by atoms with Gasteiger partial charge in [-0.1, -0.05) is 6.92 Å². The van der Waals surface area contributed by atoms with Crippen molar-refractivity contribution < 1.29 is 17.9 Å². The van der Waals surface area contributed by atoms with Crippen molar-refractivity contribution in [2.75, 3.05) is 33.4 Å². The highest BCUT2D eigenvalue weighted by Gasteiger charge is 2.35. The molecule has 0 bridgehead atoms. The van der Waals surface area contributed by atoms with Crippen LogP contribution in [0.2, 0.25) is 0 Å². The molecule has 0 spiro atoms. The number of nitrogens with zero attached hydrogens (tertiary/aromatic N) is 1. The molecular weight excluding hydrogens is 328 g/mol. The summed E-state index contributed by atoms with van der Waals surface area (Å²) in [5.41, 5.74) is 5.90. The molecule has 1 aromatic carbocycles. The van der Waals surface area contributed by atoms with Gasteiger partial charge < -0.3 is 15.2 Å². The number of halogens is 1. The Morgan fingerprint density at radius 1 is 1.23 bits per heavy atom. The number of rotatable bonds is 6. The Labute approximate surface area is 138 Å². The molecule has 1 saturated heterocycles. The zero-order chi connectivity index (χ0) is 15.5. The minimum Gasteiger partial charge on any atom is -0.491 e. The molecule has 1 heterocycles. The highest BCUT2D eigenvalue weighted by Crippen LogP contribution is 2.24. The van der Waals surface area contributed by atoms with Crippen LogP contribution < -0.4 is 10.5 Å². The van der Waals surface area contributed by atoms with Crippen LogP contribution in [0.4, 0.5) is 0 Å². The van der Waals surface area contributed by atoms with Gasteiger partial charge in [0.05, 0.1) is 11.5 Å². The van der Waals surface area contributed by atoms with E-state index in [9.17, 15) is 8.42 Å². The van der Waals surface area contributed by atoms with E-state index in [-0.39, 0.29) is 29.3 Å². The quantitative estimate of drug-likeness (QED) is 0.777. The maximum atomic E-state index is 12.5. The Balaban J connectivity index is 0.00000242. The Kier molecular flexibility index (Phi) is 7.08. The molecule has 2 atom stereocenters. The van der Waals surface area contributed by atoms with Gasteiger partial charge in [-0.05, 0) is 30.2 Å². The predicted octanol–water partition coefficient (Wildman–Crippen LogP) is 1.10. The van der Waals surface area contributed by atoms with Crippen LogP contribution in [-0.4, -0.2) is 52.2 Å². The lowest BCUT2D eigenvalue weighted by atomic mass is 10.1. The highest BCUT2D eigenvalue weighted by molar-refractivity contribution is 7.89. The van der Waals surface area contributed by atoms with Crippen molar-refractivity contribution in [2.45, 2.75) is 17.9 Å². The minimum absolute atomic E-state index is 0. The van der Waals surface area contributed by atoms with Gasteiger partial charge in [0.15, 0.2) is 0 Å². The summed E-state index contributed by atoms with van der Waals surface area (Å²) in [5.74, 6) is 0.800. The third-order valence-corrected chi connectivity index (χ3v) is 5.50. The zero-order valence-corrected chi connectivity index (χ0v) is 14.4. The van der Waals surface area contributed by atoms with E-state index in [2.05, 4.69) is 0 Å². The summed E-state index contributed by atoms with van der Waals surface area (Å²) in [6.45, 7) is 3.73. The van der Waals surface area contributed by atoms with E-state index in [1.807, 2.05) is 6.92 Å². The molecule has 6 nitrogen and oxygen atoms in total. The van der Waals surface area contributed by atoms with Crippen molar-refractivity contribution in [1.29, 1.82) is 0 Å². The van der Waals surface area contributed by atoms with Crippen LogP contribution in [0, 0.1) is 5.92 Å². The second-order valence-electron chi connectivity index (χ2n) is 5.28. The normalized spacial score (nSPS) is 22.3. The number of hydrogen-bond acceptors (Lipinski definition) is 5. The number of sulfonamides is 1. The molecule has 2 N–H and O–H groups in total. The van der Waals surface area contributed by atoms with Gasteiger partial charge in [-0.2, -0.15) is 4.31 Å². The van der Waals surface area contributed by atoms with Gasteiger partial charge in [0.2, 0.25) is 10.0 Å². The van der Waals surface area contributed by atoms with E-state index in [0.717, 1.165) is 0 Å². The van der Waals surface area contributed by atoms with Gasteiger partial charge in [-0.15, -0.1) is 12.4 Å². The lowest BCUT2D eigenvalue weighted by Gasteiger charge is -2.16. The van der Waals surface area contributed by atoms with Crippen LogP contribution in [0.5, 0.6) is 5.75 Å². The van der Waals surface area contributed by atoms with E-state index in [4.69, 9.17) is 15.2 Å². The first kappa shape index (κ1) is 19.2. The monoisotopic (exact) mass is 350 g/mol. The van der Waals surface area contributed by atoms with Gasteiger partial charge >= 0.3 is 0 Å². The van der Waals surface area contributed by atoms with Crippen molar-refractivity contribution in [3.8, 4) is 5.75 Å². The van der Waals surface area contributed by atoms with E-state index >= 15 is 0 Å². The largest absolute Gasteiger partial charge is 0.491 e. The summed E-state index contributed by atoms with van der Waals surface area (Å²) in [5, 5.41) is 0. The van der Waals surface area contributed by atoms with Crippen LogP contribution >= 0.6 is 12.4 Å². The van der Waals surface area contributed by atoms with Crippen LogP contribution in [0.1, 0.15) is 6.92 Å². The van der Waals surface area contributed by atoms with Crippen LogP contribution in [-0.2, 0) is 14.8 Å². The van der Waals surface area contributed by atoms with Crippen molar-refractivity contribution in [2.24, 2.45) is 11.7 Å². The second-order valence-corrected chi connectivity index (χ2v) is 7.21. The molecule has 8 heteroatoms. The topological polar surface area (TPSA) is 81.9 Å². The molecule has 0 saturated carbocycles. The van der Waals surface area contributed by atoms with Crippen LogP contribution in [0.3, 0.4) is 0 Å². The molecule has 1 aliphatic heterocycles. The molecule has 0 aromatic heterocycles. The van der Waals surface area contributed by atoms with Gasteiger partial charge in [0.25, 0.3) is 0 Å². The Morgan fingerprint density at radius 2 is 1.86 bits per heavy atom. The van der Waals surface area contributed by atoms with Gasteiger partial charge in [-0.25, -0.2) is 8.42 Å². The molecule has 1 aliphatic rings. The maximum Gasteiger partial charge on any atom is 0.243 e. The van der Waals surface area contributed by atoms with Crippen LogP contribution in [0.15, 0.2) is 29.2 Å². The average Bonchev–Trinajstić information content (AvgIpc) is 2.80. The first-order valence-electron chi connectivity index (χ1n) is 6.92. The van der Waals surface area contributed by atoms with E-state index in [0.29, 0.717) is 32.1 Å². The van der Waals surface area contributed by atoms with Gasteiger partial charge in [-0.3, -0.25) is 0 Å². The SMILES string of the molecule is COCCOc1ccc(S(=O)(=O)N2CC(C)C(N)C2)cc1.Cl. The predicted molar refractivity (Wildman–Crippen MR) is 87.0 cm³/mol. The molecule has 2 rings (SSSR count). The lowest BCUT2D eigenvalue weighted by Crippen LogP contribution is -2.32. The second kappa shape index (κ2) is 8.12. The third kappa shape index (κ3) is 4.33. The first-order valence-corrected chi connectivity index (χ1v) is 8.36. The molecule has 0 aliphatic carbocycles. The molecule has 1 aromatic rings. The molecule has 0 radical (unpaired) electrons. The van der Waals surface area contributed by atoms with Crippen LogP contribution in [0.25, 0.3) is 0 Å². The number of ether oxygens (including phenoxy) is 2. The van der Waals surface area contributed by atoms with Gasteiger partial charge in [0, 0.05) is 26.2 Å². The number of methoxy groups -OCH3 is 1. The van der Waals surface area contributed by atoms with Crippen molar-refractivity contribution in [3.05, 3.63) is 24.3 Å². The van der Waals surface area contributed by atoms with Crippen molar-refractivity contribution in [1.82, 2.24) is 4.31 Å². The molecule has 126 valence electrons. The molecular formula is C14H23ClN2O4S. The van der Waals surface area contributed by atoms with E-state index in [1.54, 1.807) is 31.4 Å². The number of hydrogen-bond donors (Lipinski definition) is 1. The van der Waals surface area contributed by atoms with Crippen molar-refractivity contribution >= 4 is 22.4 Å². The van der Waals surface area contributed by atoms with E-state index in [1.165, 1.54) is 4.31 Å². The maximum absolute atomic E-state index is 12.5. The smallest absolute Gasteiger partial charge is 0.243 e. The fraction of sp³-hybridized carbons (Fsp3) is 0.571. The Morgan fingerprint density at radius 3 is 2.36 bits per heavy atom. The lowest BCUT2D eigenvalue weighted by molar-refractivity contribution is 0.146. The summed E-state index contributed by atoms with van der Waals surface area (Å²) >= 11 is 0. The Hall–Kier alpha value is -0.860. The zero-order valence-electron chi connectivity index (χ0n) is 12.8. The highest BCUT2D eigenvalue weighted by atomic mass is 35.5. The first-order chi connectivity index (χ1) is 9.95. The number of benzene rings is 1. The molecule has 2 unspecified atom stereocenters. The summed E-state index contributed by atoms with van der Waals surface area (Å²) in [6, 6.07) is 6.33. The number of nitrogens with two attached hydrogens (primary N) is 1. The average molecular weight is 351 g/mol. The summed E-state index contributed by atoms with van der Waals surface area (Å²) in [6.07, 6.45) is 0. The summed E-state index contributed by atoms with van der Waals surface area (Å²) in [4.78, 5) is 0.267. The van der Waals surface area contributed by atoms with Gasteiger partial charge in [0.1, 0.15) is 12.4 Å². The van der Waals surface area contributed by atoms with E-state index < -0.39 is 10.0 Å². The van der Waals surface area contributed by atoms with Crippen molar-refractivity contribution in [3.63, 3.8) is 0 Å². The summed E-state index contributed by atoms with van der Waals surface area (Å²) < 4.78 is 36.8. The molecule has 1 fully saturated rings. The minimum atomic E-state index is -3.47. The molecule has 22 heavy (non-hydrogen) atoms. The standard InChI is InChI=1S/C14H22N2O4S.ClH/c1-11-9-16(10-14(11)15)21(17,18)13-5-3-12(4-6-13)20-8-7-19-2;/h3-6,11,14H,7-10,15H2,1-2H3;1H. The fourth-order valence-corrected chi connectivity index (χ4v) is 3.82. The fourth-order valence-electron chi connectivity index (χ4n) is 2.24. The Bertz CT molecular complexity index is 555.